The van der Waals surface area contributed by atoms with Gasteiger partial charge in [0, 0.05) is 32.3 Å². The predicted octanol–water partition coefficient (Wildman–Crippen LogP) is 0.0770. The number of carbonyl (C=O) groups excluding carboxylic acids is 1. The summed E-state index contributed by atoms with van der Waals surface area (Å²) in [5, 5.41) is 0. The van der Waals surface area contributed by atoms with Gasteiger partial charge in [-0.2, -0.15) is 0 Å². The summed E-state index contributed by atoms with van der Waals surface area (Å²) in [6.07, 6.45) is 3.54. The zero-order valence-corrected chi connectivity index (χ0v) is 12.0. The van der Waals surface area contributed by atoms with E-state index in [0.29, 0.717) is 18.7 Å². The molecular weight excluding hydrogens is 254 g/mol. The molecule has 2 N–H and O–H groups in total. The van der Waals surface area contributed by atoms with Crippen molar-refractivity contribution in [2.24, 2.45) is 5.73 Å². The molecule has 6 heteroatoms. The average Bonchev–Trinajstić information content (AvgIpc) is 2.53. The van der Waals surface area contributed by atoms with E-state index in [1.165, 1.54) is 12.8 Å². The number of nitrogens with zero attached hydrogens (tertiary/aromatic N) is 2. The number of hydrogen-bond donors (Lipinski definition) is 1. The number of rotatable bonds is 3. The molecule has 18 heavy (non-hydrogen) atoms. The molecule has 106 valence electrons. The number of likely N-dealkylation sites (tertiary alicyclic amines) is 1. The first-order valence-corrected chi connectivity index (χ1v) is 6.38. The highest BCUT2D eigenvalue weighted by Crippen LogP contribution is 2.28. The summed E-state index contributed by atoms with van der Waals surface area (Å²) in [5.41, 5.74) is 5.81. The molecule has 0 radical (unpaired) electrons. The van der Waals surface area contributed by atoms with Gasteiger partial charge in [0.1, 0.15) is 6.04 Å². The lowest BCUT2D eigenvalue weighted by atomic mass is 10.1. The van der Waals surface area contributed by atoms with Gasteiger partial charge in [-0.05, 0) is 26.3 Å². The van der Waals surface area contributed by atoms with E-state index in [9.17, 15) is 4.79 Å². The number of fused-ring (bicyclic) bond motifs is 2. The maximum atomic E-state index is 12.1. The van der Waals surface area contributed by atoms with Crippen LogP contribution in [0.15, 0.2) is 0 Å². The van der Waals surface area contributed by atoms with Gasteiger partial charge in [0.25, 0.3) is 0 Å². The highest BCUT2D eigenvalue weighted by atomic mass is 35.5. The normalized spacial score (nSPS) is 29.6. The van der Waals surface area contributed by atoms with Gasteiger partial charge < -0.3 is 15.4 Å². The molecule has 2 rings (SSSR count). The Labute approximate surface area is 115 Å². The number of likely N-dealkylation sites (N-methyl/N-ethyl adjacent to an activating group) is 1. The minimum Gasteiger partial charge on any atom is -0.383 e. The Kier molecular flexibility index (Phi) is 5.85. The maximum absolute atomic E-state index is 12.1. The van der Waals surface area contributed by atoms with Gasteiger partial charge in [0.15, 0.2) is 0 Å². The Bertz CT molecular complexity index is 290. The van der Waals surface area contributed by atoms with E-state index >= 15 is 0 Å². The molecule has 1 amide bonds. The standard InChI is InChI=1S/C12H23N3O2.ClH/c1-14-9-3-4-10(14)7-15(6-5-9)12(16)11(13)8-17-2;/h9-11H,3-8,13H2,1-2H3;1H. The number of amides is 1. The molecule has 2 heterocycles. The fourth-order valence-electron chi connectivity index (χ4n) is 2.99. The number of nitrogens with two attached hydrogens (primary N) is 1. The van der Waals surface area contributed by atoms with Crippen LogP contribution < -0.4 is 5.73 Å². The van der Waals surface area contributed by atoms with Crippen molar-refractivity contribution in [1.29, 1.82) is 0 Å². The molecule has 0 spiro atoms. The van der Waals surface area contributed by atoms with Crippen molar-refractivity contribution in [2.75, 3.05) is 33.9 Å². The molecule has 5 nitrogen and oxygen atoms in total. The molecule has 0 aromatic carbocycles. The fourth-order valence-corrected chi connectivity index (χ4v) is 2.99. The quantitative estimate of drug-likeness (QED) is 0.794. The first-order chi connectivity index (χ1) is 8.13. The average molecular weight is 278 g/mol. The smallest absolute Gasteiger partial charge is 0.241 e. The summed E-state index contributed by atoms with van der Waals surface area (Å²) in [7, 11) is 3.75. The van der Waals surface area contributed by atoms with E-state index in [0.717, 1.165) is 19.5 Å². The van der Waals surface area contributed by atoms with Crippen LogP contribution in [0.5, 0.6) is 0 Å². The summed E-state index contributed by atoms with van der Waals surface area (Å²) >= 11 is 0. The number of methoxy groups -OCH3 is 1. The van der Waals surface area contributed by atoms with Gasteiger partial charge in [-0.15, -0.1) is 12.4 Å². The highest BCUT2D eigenvalue weighted by molar-refractivity contribution is 5.85. The minimum atomic E-state index is -0.512. The first-order valence-electron chi connectivity index (χ1n) is 6.38. The van der Waals surface area contributed by atoms with Crippen molar-refractivity contribution in [3.63, 3.8) is 0 Å². The molecule has 2 fully saturated rings. The van der Waals surface area contributed by atoms with Crippen LogP contribution in [0.2, 0.25) is 0 Å². The van der Waals surface area contributed by atoms with Crippen molar-refractivity contribution < 1.29 is 9.53 Å². The van der Waals surface area contributed by atoms with Gasteiger partial charge in [-0.25, -0.2) is 0 Å². The molecule has 0 saturated carbocycles. The predicted molar refractivity (Wildman–Crippen MR) is 72.9 cm³/mol. The Balaban J connectivity index is 0.00000162. The fraction of sp³-hybridized carbons (Fsp3) is 0.917. The molecule has 2 saturated heterocycles. The summed E-state index contributed by atoms with van der Waals surface area (Å²) in [6.45, 7) is 1.96. The van der Waals surface area contributed by atoms with E-state index in [-0.39, 0.29) is 18.3 Å². The molecule has 0 aromatic heterocycles. The second-order valence-corrected chi connectivity index (χ2v) is 5.19. The van der Waals surface area contributed by atoms with Crippen LogP contribution in [0, 0.1) is 0 Å². The van der Waals surface area contributed by atoms with Gasteiger partial charge >= 0.3 is 0 Å². The van der Waals surface area contributed by atoms with Crippen molar-refractivity contribution in [3.05, 3.63) is 0 Å². The molecule has 0 aromatic rings. The molecule has 2 bridgehead atoms. The zero-order valence-electron chi connectivity index (χ0n) is 11.2. The largest absolute Gasteiger partial charge is 0.383 e. The maximum Gasteiger partial charge on any atom is 0.241 e. The van der Waals surface area contributed by atoms with Crippen LogP contribution in [0.3, 0.4) is 0 Å². The minimum absolute atomic E-state index is 0. The summed E-state index contributed by atoms with van der Waals surface area (Å²) in [4.78, 5) is 16.5. The van der Waals surface area contributed by atoms with Crippen LogP contribution in [0.25, 0.3) is 0 Å². The van der Waals surface area contributed by atoms with E-state index in [2.05, 4.69) is 11.9 Å². The van der Waals surface area contributed by atoms with Gasteiger partial charge in [0.2, 0.25) is 5.91 Å². The second kappa shape index (κ2) is 6.70. The third kappa shape index (κ3) is 3.15. The topological polar surface area (TPSA) is 58.8 Å². The molecule has 3 unspecified atom stereocenters. The molecule has 2 aliphatic rings. The van der Waals surface area contributed by atoms with Crippen LogP contribution in [-0.4, -0.2) is 67.7 Å². The number of carbonyl (C=O) groups is 1. The third-order valence-corrected chi connectivity index (χ3v) is 4.12. The Hall–Kier alpha value is -0.360. The van der Waals surface area contributed by atoms with Gasteiger partial charge in [0.05, 0.1) is 6.61 Å². The summed E-state index contributed by atoms with van der Waals surface area (Å²) < 4.78 is 4.95. The summed E-state index contributed by atoms with van der Waals surface area (Å²) in [5.74, 6) is 0.0350. The van der Waals surface area contributed by atoms with Crippen molar-refractivity contribution in [1.82, 2.24) is 9.80 Å². The molecular formula is C12H24ClN3O2. The molecule has 0 aliphatic carbocycles. The lowest BCUT2D eigenvalue weighted by Crippen LogP contribution is -2.49. The second-order valence-electron chi connectivity index (χ2n) is 5.19. The van der Waals surface area contributed by atoms with Crippen LogP contribution in [0.1, 0.15) is 19.3 Å². The number of halogens is 1. The van der Waals surface area contributed by atoms with Crippen molar-refractivity contribution in [3.8, 4) is 0 Å². The van der Waals surface area contributed by atoms with Crippen molar-refractivity contribution >= 4 is 18.3 Å². The van der Waals surface area contributed by atoms with E-state index in [1.54, 1.807) is 7.11 Å². The molecule has 2 aliphatic heterocycles. The van der Waals surface area contributed by atoms with Crippen LogP contribution in [-0.2, 0) is 9.53 Å². The van der Waals surface area contributed by atoms with E-state index < -0.39 is 6.04 Å². The van der Waals surface area contributed by atoms with E-state index in [4.69, 9.17) is 10.5 Å². The Morgan fingerprint density at radius 2 is 2.06 bits per heavy atom. The van der Waals surface area contributed by atoms with Gasteiger partial charge in [-0.1, -0.05) is 0 Å². The Morgan fingerprint density at radius 3 is 2.72 bits per heavy atom. The van der Waals surface area contributed by atoms with Crippen molar-refractivity contribution in [2.45, 2.75) is 37.4 Å². The monoisotopic (exact) mass is 277 g/mol. The van der Waals surface area contributed by atoms with Crippen LogP contribution in [0.4, 0.5) is 0 Å². The number of hydrogen-bond acceptors (Lipinski definition) is 4. The van der Waals surface area contributed by atoms with Gasteiger partial charge in [-0.3, -0.25) is 9.69 Å². The molecule has 3 atom stereocenters. The van der Waals surface area contributed by atoms with E-state index in [1.807, 2.05) is 4.90 Å². The zero-order chi connectivity index (χ0) is 12.4. The lowest BCUT2D eigenvalue weighted by Gasteiger charge is -2.27. The summed E-state index contributed by atoms with van der Waals surface area (Å²) in [6, 6.07) is 0.652. The third-order valence-electron chi connectivity index (χ3n) is 4.12. The highest BCUT2D eigenvalue weighted by Gasteiger charge is 2.36. The van der Waals surface area contributed by atoms with Crippen LogP contribution >= 0.6 is 12.4 Å². The Morgan fingerprint density at radius 1 is 1.39 bits per heavy atom. The number of ether oxygens (including phenoxy) is 1. The first kappa shape index (κ1) is 15.7. The lowest BCUT2D eigenvalue weighted by molar-refractivity contribution is -0.134. The SMILES string of the molecule is COCC(N)C(=O)N1CCC2CCC(C1)N2C.Cl.